The lowest BCUT2D eigenvalue weighted by Gasteiger charge is -2.40. The molecule has 4 bridgehead atoms. The number of Topliss-reactive ketones (excluding diaryl/α,β-unsaturated/α-hetero) is 1. The van der Waals surface area contributed by atoms with Gasteiger partial charge in [0.2, 0.25) is 28.6 Å². The number of phenolic OH excluding ortho intramolecular Hbond substituents is 12. The van der Waals surface area contributed by atoms with Gasteiger partial charge in [0.1, 0.15) is 12.7 Å². The smallest absolute Gasteiger partial charge is 0.347 e. The van der Waals surface area contributed by atoms with Gasteiger partial charge in [0.25, 0.3) is 0 Å². The number of ether oxygens (including phenoxy) is 6. The molecule has 27 heteroatoms. The first-order valence-electron chi connectivity index (χ1n) is 19.2. The third-order valence-corrected chi connectivity index (χ3v) is 11.6. The summed E-state index contributed by atoms with van der Waals surface area (Å²) in [5.41, 5.74) is -14.1. The second-order valence-corrected chi connectivity index (χ2v) is 15.4. The number of phenols is 12. The summed E-state index contributed by atoms with van der Waals surface area (Å²) in [6.45, 7) is -1.53. The number of aliphatic hydroxyl groups excluding tert-OH is 1. The predicted octanol–water partition coefficient (Wildman–Crippen LogP) is -0.865. The number of fused-ring (bicyclic) bond motifs is 6. The molecule has 0 fully saturated rings. The highest BCUT2D eigenvalue weighted by atomic mass is 16.6. The van der Waals surface area contributed by atoms with E-state index in [1.54, 1.807) is 0 Å². The van der Waals surface area contributed by atoms with Gasteiger partial charge in [-0.2, -0.15) is 0 Å². The number of ketones is 1. The molecule has 0 saturated carbocycles. The number of carbonyl (C=O) groups excluding carboxylic acids is 7. The molecule has 0 amide bonds. The van der Waals surface area contributed by atoms with Crippen LogP contribution in [0.4, 0.5) is 0 Å². The number of esters is 6. The zero-order valence-corrected chi connectivity index (χ0v) is 34.1. The van der Waals surface area contributed by atoms with Crippen molar-refractivity contribution >= 4 is 41.6 Å². The Kier molecular flexibility index (Phi) is 10.6. The predicted molar refractivity (Wildman–Crippen MR) is 210 cm³/mol. The molecule has 9 rings (SSSR count). The number of aliphatic hydroxyl groups is 2. The molecule has 0 radical (unpaired) electrons. The topological polar surface area (TPSA) is 458 Å². The molecule has 27 nitrogen and oxygen atoms in total. The van der Waals surface area contributed by atoms with Crippen molar-refractivity contribution in [2.45, 2.75) is 42.0 Å². The Morgan fingerprint density at radius 1 is 0.565 bits per heavy atom. The van der Waals surface area contributed by atoms with E-state index in [1.807, 2.05) is 0 Å². The van der Waals surface area contributed by atoms with E-state index < -0.39 is 209 Å². The van der Waals surface area contributed by atoms with Gasteiger partial charge in [0.15, 0.2) is 76.2 Å². The molecule has 4 aliphatic heterocycles. The Labute approximate surface area is 379 Å². The number of rotatable bonds is 4. The van der Waals surface area contributed by atoms with E-state index in [4.69, 9.17) is 23.7 Å². The first-order valence-corrected chi connectivity index (χ1v) is 19.2. The highest BCUT2D eigenvalue weighted by Crippen LogP contribution is 2.57. The molecule has 360 valence electrons. The first-order chi connectivity index (χ1) is 32.4. The molecule has 5 aliphatic rings. The molecule has 0 unspecified atom stereocenters. The van der Waals surface area contributed by atoms with Gasteiger partial charge in [-0.3, -0.25) is 4.79 Å². The third-order valence-electron chi connectivity index (χ3n) is 11.6. The van der Waals surface area contributed by atoms with E-state index >= 15 is 0 Å². The highest BCUT2D eigenvalue weighted by molar-refractivity contribution is 6.25. The minimum absolute atomic E-state index is 0.314. The van der Waals surface area contributed by atoms with Crippen molar-refractivity contribution in [2.75, 3.05) is 13.7 Å². The number of carbonyl (C=O) groups is 7. The van der Waals surface area contributed by atoms with E-state index in [2.05, 4.69) is 4.74 Å². The average molecular weight is 967 g/mol. The van der Waals surface area contributed by atoms with Crippen molar-refractivity contribution in [3.05, 3.63) is 69.3 Å². The van der Waals surface area contributed by atoms with E-state index in [0.29, 0.717) is 37.4 Å². The van der Waals surface area contributed by atoms with Crippen molar-refractivity contribution in [3.8, 4) is 80.1 Å². The van der Waals surface area contributed by atoms with Crippen LogP contribution in [0.15, 0.2) is 41.5 Å². The lowest BCUT2D eigenvalue weighted by Crippen LogP contribution is -2.58. The zero-order valence-electron chi connectivity index (χ0n) is 34.1. The van der Waals surface area contributed by atoms with Gasteiger partial charge in [0, 0.05) is 22.3 Å². The third kappa shape index (κ3) is 6.69. The second-order valence-electron chi connectivity index (χ2n) is 15.4. The SMILES string of the molecule is COC(=O)[C@@]1(O)C(=O)C2=C3C(=O)O[C@@H]([C@H]([C@@H]4OC(=O)c5cc(O)c(O)c(O)c5-c5c(cc(O)c(O)c5O)C(=O)OC[C@H]4OC(=O)c4cc(O)c(O)c(O)c4)OC(=O)c4cc(O)c(O)c(O)c4[C@H]31)[C@@H]2O. The number of hydrogen-bond acceptors (Lipinski definition) is 27. The number of methoxy groups -OCH3 is 1. The van der Waals surface area contributed by atoms with Gasteiger partial charge in [-0.15, -0.1) is 0 Å². The first kappa shape index (κ1) is 46.2. The van der Waals surface area contributed by atoms with Gasteiger partial charge in [0.05, 0.1) is 40.9 Å². The van der Waals surface area contributed by atoms with Crippen molar-refractivity contribution in [1.29, 1.82) is 0 Å². The quantitative estimate of drug-likeness (QED) is 0.0512. The van der Waals surface area contributed by atoms with Crippen LogP contribution in [0.2, 0.25) is 0 Å². The zero-order chi connectivity index (χ0) is 50.6. The summed E-state index contributed by atoms with van der Waals surface area (Å²) in [5, 5.41) is 151. The van der Waals surface area contributed by atoms with E-state index in [0.717, 1.165) is 0 Å². The maximum absolute atomic E-state index is 14.7. The van der Waals surface area contributed by atoms with Crippen molar-refractivity contribution in [2.24, 2.45) is 0 Å². The van der Waals surface area contributed by atoms with Crippen LogP contribution in [-0.4, -0.2) is 163 Å². The number of hydrogen-bond donors (Lipinski definition) is 14. The van der Waals surface area contributed by atoms with Crippen LogP contribution in [0.25, 0.3) is 11.1 Å². The summed E-state index contributed by atoms with van der Waals surface area (Å²) in [6, 6.07) is 2.04. The Balaban J connectivity index is 1.41. The van der Waals surface area contributed by atoms with E-state index in [1.165, 1.54) is 0 Å². The van der Waals surface area contributed by atoms with Gasteiger partial charge >= 0.3 is 35.8 Å². The maximum atomic E-state index is 14.7. The lowest BCUT2D eigenvalue weighted by molar-refractivity contribution is -0.179. The van der Waals surface area contributed by atoms with E-state index in [9.17, 15) is 105 Å². The molecule has 7 atom stereocenters. The fourth-order valence-electron chi connectivity index (χ4n) is 8.37. The summed E-state index contributed by atoms with van der Waals surface area (Å²) in [7, 11) is 0.645. The van der Waals surface area contributed by atoms with Gasteiger partial charge < -0.3 is 99.9 Å². The largest absolute Gasteiger partial charge is 0.504 e. The number of benzene rings is 4. The lowest BCUT2D eigenvalue weighted by atomic mass is 9.77. The standard InChI is InChI=1S/C42H30O27/c1-64-41(62)42(63)23-20-11(6-16(47)27(51)30(20)54)39(60)69-34(33-31(55)22(35(42)56)21(23)40(61)68-33)32-17(66-36(57)8-2-12(43)24(48)13(44)3-8)7-65-37(58)9-4-14(45)25(49)28(52)18(9)19-10(38(59)67-32)5-15(46)26(50)29(19)53/h2-6,17,23,31-34,43-55,63H,7H2,1H3/t17-,23-,31-,32-,33-,34+,42+/m1/s1. The van der Waals surface area contributed by atoms with E-state index in [-0.39, 0.29) is 0 Å². The molecule has 0 saturated heterocycles. The Bertz CT molecular complexity index is 3050. The summed E-state index contributed by atoms with van der Waals surface area (Å²) in [5.74, 6) is -32.0. The Morgan fingerprint density at radius 2 is 1.03 bits per heavy atom. The fraction of sp³-hybridized carbons (Fsp3) is 0.214. The maximum Gasteiger partial charge on any atom is 0.347 e. The highest BCUT2D eigenvalue weighted by Gasteiger charge is 2.68. The van der Waals surface area contributed by atoms with Crippen molar-refractivity contribution in [3.63, 3.8) is 0 Å². The molecule has 0 spiro atoms. The fourth-order valence-corrected chi connectivity index (χ4v) is 8.37. The molecule has 4 aromatic rings. The number of cyclic esters (lactones) is 2. The van der Waals surface area contributed by atoms with Crippen LogP contribution in [0.1, 0.15) is 52.9 Å². The van der Waals surface area contributed by atoms with Crippen molar-refractivity contribution < 1.29 is 133 Å². The van der Waals surface area contributed by atoms with Crippen LogP contribution < -0.4 is 0 Å². The normalized spacial score (nSPS) is 24.1. The second kappa shape index (κ2) is 15.9. The summed E-state index contributed by atoms with van der Waals surface area (Å²) in [4.78, 5) is 99.0. The van der Waals surface area contributed by atoms with Crippen LogP contribution in [0, 0.1) is 0 Å². The van der Waals surface area contributed by atoms with Crippen LogP contribution in [0.5, 0.6) is 69.0 Å². The van der Waals surface area contributed by atoms with Crippen LogP contribution in [0.3, 0.4) is 0 Å². The van der Waals surface area contributed by atoms with Crippen LogP contribution >= 0.6 is 0 Å². The molecule has 0 aromatic heterocycles. The molecule has 4 aromatic carbocycles. The minimum Gasteiger partial charge on any atom is -0.504 e. The molecule has 69 heavy (non-hydrogen) atoms. The minimum atomic E-state index is -3.72. The molecular formula is C42H30O27. The summed E-state index contributed by atoms with van der Waals surface area (Å²) in [6.07, 6.45) is -13.8. The van der Waals surface area contributed by atoms with Crippen LogP contribution in [-0.2, 0) is 42.8 Å². The summed E-state index contributed by atoms with van der Waals surface area (Å²) >= 11 is 0. The monoisotopic (exact) mass is 966 g/mol. The van der Waals surface area contributed by atoms with Gasteiger partial charge in [-0.05, 0) is 30.3 Å². The molecular weight excluding hydrogens is 936 g/mol. The Morgan fingerprint density at radius 3 is 1.58 bits per heavy atom. The van der Waals surface area contributed by atoms with Crippen molar-refractivity contribution in [1.82, 2.24) is 0 Å². The van der Waals surface area contributed by atoms with Gasteiger partial charge in [-0.25, -0.2) is 28.8 Å². The Hall–Kier alpha value is -9.37. The molecule has 1 aliphatic carbocycles. The number of aromatic hydroxyl groups is 12. The summed E-state index contributed by atoms with van der Waals surface area (Å²) < 4.78 is 32.2. The molecule has 14 N–H and O–H groups in total. The average Bonchev–Trinajstić information content (AvgIpc) is 3.54. The van der Waals surface area contributed by atoms with Gasteiger partial charge in [-0.1, -0.05) is 0 Å². The molecule has 4 heterocycles.